The molecule has 1 amide bonds. The van der Waals surface area contributed by atoms with Gasteiger partial charge in [-0.25, -0.2) is 0 Å². The molecule has 1 spiro atoms. The van der Waals surface area contributed by atoms with Gasteiger partial charge in [0.05, 0.1) is 13.2 Å². The summed E-state index contributed by atoms with van der Waals surface area (Å²) < 4.78 is 5.12. The van der Waals surface area contributed by atoms with Gasteiger partial charge >= 0.3 is 0 Å². The number of hydrogen-bond donors (Lipinski definition) is 0. The molecule has 0 aromatic heterocycles. The quantitative estimate of drug-likeness (QED) is 0.771. The molecule has 0 unspecified atom stereocenters. The van der Waals surface area contributed by atoms with Crippen molar-refractivity contribution in [2.45, 2.75) is 32.2 Å². The van der Waals surface area contributed by atoms with Gasteiger partial charge in [-0.15, -0.1) is 0 Å². The number of amidine groups is 1. The van der Waals surface area contributed by atoms with Gasteiger partial charge in [0, 0.05) is 26.1 Å². The van der Waals surface area contributed by atoms with Crippen LogP contribution in [0, 0.1) is 11.8 Å². The number of nitrogens with zero attached hydrogens (tertiary/aromatic N) is 3. The number of rotatable bonds is 4. The lowest BCUT2D eigenvalue weighted by atomic mass is 9.85. The summed E-state index contributed by atoms with van der Waals surface area (Å²) in [5.74, 6) is 2.16. The molecule has 2 fully saturated rings. The largest absolute Gasteiger partial charge is 0.383 e. The van der Waals surface area contributed by atoms with E-state index in [1.807, 2.05) is 11.8 Å². The van der Waals surface area contributed by atoms with Crippen LogP contribution in [0.15, 0.2) is 4.99 Å². The van der Waals surface area contributed by atoms with Crippen LogP contribution in [-0.2, 0) is 9.53 Å². The van der Waals surface area contributed by atoms with Crippen molar-refractivity contribution in [2.24, 2.45) is 16.8 Å². The first-order valence-corrected chi connectivity index (χ1v) is 7.72. The molecule has 0 aromatic rings. The molecule has 2 aliphatic heterocycles. The number of hydrogen-bond acceptors (Lipinski definition) is 4. The molecule has 2 heterocycles. The second kappa shape index (κ2) is 5.11. The maximum atomic E-state index is 12.9. The molecular weight excluding hydrogens is 254 g/mol. The zero-order chi connectivity index (χ0) is 14.3. The summed E-state index contributed by atoms with van der Waals surface area (Å²) in [5.41, 5.74) is -0.452. The Kier molecular flexibility index (Phi) is 3.58. The minimum absolute atomic E-state index is 0.220. The van der Waals surface area contributed by atoms with Crippen LogP contribution >= 0.6 is 0 Å². The van der Waals surface area contributed by atoms with E-state index in [1.165, 1.54) is 0 Å². The first-order chi connectivity index (χ1) is 9.62. The maximum absolute atomic E-state index is 12.9. The topological polar surface area (TPSA) is 45.1 Å². The molecule has 0 bridgehead atoms. The summed E-state index contributed by atoms with van der Waals surface area (Å²) >= 11 is 0. The summed E-state index contributed by atoms with van der Waals surface area (Å²) in [6.07, 6.45) is 2.07. The Labute approximate surface area is 121 Å². The highest BCUT2D eigenvalue weighted by Crippen LogP contribution is 2.50. The predicted molar refractivity (Wildman–Crippen MR) is 77.8 cm³/mol. The van der Waals surface area contributed by atoms with Gasteiger partial charge in [-0.3, -0.25) is 14.7 Å². The van der Waals surface area contributed by atoms with Crippen molar-refractivity contribution in [3.8, 4) is 0 Å². The fourth-order valence-corrected chi connectivity index (χ4v) is 4.27. The summed E-state index contributed by atoms with van der Waals surface area (Å²) in [4.78, 5) is 22.1. The number of carbonyl (C=O) groups excluding carboxylic acids is 1. The fourth-order valence-electron chi connectivity index (χ4n) is 4.27. The van der Waals surface area contributed by atoms with E-state index in [2.05, 4.69) is 11.8 Å². The molecule has 3 atom stereocenters. The first kappa shape index (κ1) is 14.0. The molecular formula is C15H25N3O2. The van der Waals surface area contributed by atoms with E-state index in [1.54, 1.807) is 7.11 Å². The Balaban J connectivity index is 1.82. The van der Waals surface area contributed by atoms with Gasteiger partial charge in [-0.2, -0.15) is 0 Å². The molecule has 1 saturated heterocycles. The van der Waals surface area contributed by atoms with Crippen LogP contribution < -0.4 is 0 Å². The van der Waals surface area contributed by atoms with Crippen LogP contribution in [0.4, 0.5) is 0 Å². The minimum Gasteiger partial charge on any atom is -0.383 e. The van der Waals surface area contributed by atoms with Crippen molar-refractivity contribution in [2.75, 3.05) is 39.9 Å². The average Bonchev–Trinajstić information content (AvgIpc) is 3.05. The number of ether oxygens (including phenoxy) is 1. The van der Waals surface area contributed by atoms with Crippen LogP contribution in [0.5, 0.6) is 0 Å². The van der Waals surface area contributed by atoms with Gasteiger partial charge in [0.1, 0.15) is 11.4 Å². The van der Waals surface area contributed by atoms with Crippen molar-refractivity contribution in [3.05, 3.63) is 0 Å². The summed E-state index contributed by atoms with van der Waals surface area (Å²) in [7, 11) is 1.67. The van der Waals surface area contributed by atoms with Crippen molar-refractivity contribution < 1.29 is 9.53 Å². The van der Waals surface area contributed by atoms with Gasteiger partial charge in [0.25, 0.3) is 5.91 Å². The number of carbonyl (C=O) groups is 1. The Morgan fingerprint density at radius 2 is 2.25 bits per heavy atom. The summed E-state index contributed by atoms with van der Waals surface area (Å²) in [6, 6.07) is 0. The third-order valence-electron chi connectivity index (χ3n) is 5.36. The fraction of sp³-hybridized carbons (Fsp3) is 0.867. The number of fused-ring (bicyclic) bond motifs is 2. The lowest BCUT2D eigenvalue weighted by Gasteiger charge is -2.28. The summed E-state index contributed by atoms with van der Waals surface area (Å²) in [6.45, 7) is 8.61. The Morgan fingerprint density at radius 1 is 1.45 bits per heavy atom. The Morgan fingerprint density at radius 3 is 2.95 bits per heavy atom. The van der Waals surface area contributed by atoms with Crippen molar-refractivity contribution >= 4 is 11.7 Å². The summed E-state index contributed by atoms with van der Waals surface area (Å²) in [5, 5.41) is 0. The zero-order valence-corrected chi connectivity index (χ0v) is 12.8. The van der Waals surface area contributed by atoms with Gasteiger partial charge < -0.3 is 9.64 Å². The van der Waals surface area contributed by atoms with E-state index >= 15 is 0 Å². The highest BCUT2D eigenvalue weighted by molar-refractivity contribution is 6.07. The normalized spacial score (nSPS) is 37.0. The van der Waals surface area contributed by atoms with Gasteiger partial charge in [0.15, 0.2) is 0 Å². The zero-order valence-electron chi connectivity index (χ0n) is 12.8. The highest BCUT2D eigenvalue weighted by atomic mass is 16.5. The van der Waals surface area contributed by atoms with Crippen LogP contribution in [0.25, 0.3) is 0 Å². The number of amides is 1. The van der Waals surface area contributed by atoms with Crippen LogP contribution in [-0.4, -0.2) is 67.0 Å². The van der Waals surface area contributed by atoms with Crippen LogP contribution in [0.3, 0.4) is 0 Å². The van der Waals surface area contributed by atoms with E-state index in [0.717, 1.165) is 38.3 Å². The van der Waals surface area contributed by atoms with Crippen molar-refractivity contribution in [3.63, 3.8) is 0 Å². The van der Waals surface area contributed by atoms with Crippen molar-refractivity contribution in [1.82, 2.24) is 9.80 Å². The molecule has 3 aliphatic rings. The molecule has 0 aromatic carbocycles. The highest BCUT2D eigenvalue weighted by Gasteiger charge is 2.60. The van der Waals surface area contributed by atoms with Crippen LogP contribution in [0.1, 0.15) is 26.7 Å². The standard InChI is InChI=1S/C15H25N3O2/c1-4-17-9-12-5-6-15(13(12)10-17)14(19)18(7-8-20-3)11(2)16-15/h12-13H,4-10H2,1-3H3/t12-,13+,15-/m1/s1. The van der Waals surface area contributed by atoms with E-state index < -0.39 is 5.54 Å². The molecule has 5 heteroatoms. The third kappa shape index (κ3) is 1.91. The molecule has 5 nitrogen and oxygen atoms in total. The van der Waals surface area contributed by atoms with E-state index in [4.69, 9.17) is 9.73 Å². The molecule has 20 heavy (non-hydrogen) atoms. The van der Waals surface area contributed by atoms with Gasteiger partial charge in [-0.1, -0.05) is 6.92 Å². The maximum Gasteiger partial charge on any atom is 0.256 e. The SMILES string of the molecule is CCN1C[C@H]2CC[C@@]3(N=C(C)N(CCOC)C3=O)[C@H]2C1. The Bertz CT molecular complexity index is 437. The van der Waals surface area contributed by atoms with E-state index in [0.29, 0.717) is 25.0 Å². The first-order valence-electron chi connectivity index (χ1n) is 7.72. The average molecular weight is 279 g/mol. The smallest absolute Gasteiger partial charge is 0.256 e. The lowest BCUT2D eigenvalue weighted by Crippen LogP contribution is -2.47. The van der Waals surface area contributed by atoms with Crippen molar-refractivity contribution in [1.29, 1.82) is 0 Å². The molecule has 3 rings (SSSR count). The second-order valence-corrected chi connectivity index (χ2v) is 6.29. The van der Waals surface area contributed by atoms with E-state index in [9.17, 15) is 4.79 Å². The molecule has 112 valence electrons. The Hall–Kier alpha value is -0.940. The van der Waals surface area contributed by atoms with Gasteiger partial charge in [0.2, 0.25) is 0 Å². The molecule has 0 radical (unpaired) electrons. The lowest BCUT2D eigenvalue weighted by molar-refractivity contribution is -0.132. The second-order valence-electron chi connectivity index (χ2n) is 6.29. The molecule has 1 saturated carbocycles. The predicted octanol–water partition coefficient (Wildman–Crippen LogP) is 0.994. The third-order valence-corrected chi connectivity index (χ3v) is 5.36. The van der Waals surface area contributed by atoms with Gasteiger partial charge in [-0.05, 0) is 32.2 Å². The number of likely N-dealkylation sites (tertiary alicyclic amines) is 1. The van der Waals surface area contributed by atoms with Crippen LogP contribution in [0.2, 0.25) is 0 Å². The number of aliphatic imine (C=N–C) groups is 1. The number of methoxy groups -OCH3 is 1. The minimum atomic E-state index is -0.452. The molecule has 0 N–H and O–H groups in total. The van der Waals surface area contributed by atoms with E-state index in [-0.39, 0.29) is 5.91 Å². The molecule has 1 aliphatic carbocycles. The monoisotopic (exact) mass is 279 g/mol.